The van der Waals surface area contributed by atoms with Gasteiger partial charge < -0.3 is 10.8 Å². The highest BCUT2D eigenvalue weighted by molar-refractivity contribution is 9.10. The lowest BCUT2D eigenvalue weighted by Gasteiger charge is -2.12. The monoisotopic (exact) mass is 303 g/mol. The summed E-state index contributed by atoms with van der Waals surface area (Å²) in [5, 5.41) is 8.62. The maximum Gasteiger partial charge on any atom is 0.316 e. The standard InChI is InChI=1S/C11H14BrNO2S/c1-2-3-10(11(14)15)16-9-5-4-7(12)6-8(9)13/h4-6,10H,2-3,13H2,1H3,(H,14,15). The van der Waals surface area contributed by atoms with E-state index in [0.29, 0.717) is 12.1 Å². The van der Waals surface area contributed by atoms with Crippen LogP contribution in [0.2, 0.25) is 0 Å². The highest BCUT2D eigenvalue weighted by atomic mass is 79.9. The lowest BCUT2D eigenvalue weighted by Crippen LogP contribution is -2.15. The Morgan fingerprint density at radius 1 is 1.62 bits per heavy atom. The van der Waals surface area contributed by atoms with Gasteiger partial charge in [-0.25, -0.2) is 0 Å². The maximum absolute atomic E-state index is 11.0. The van der Waals surface area contributed by atoms with Crippen LogP contribution in [-0.2, 0) is 4.79 Å². The number of carboxylic acids is 1. The summed E-state index contributed by atoms with van der Waals surface area (Å²) in [5.41, 5.74) is 6.43. The van der Waals surface area contributed by atoms with E-state index in [2.05, 4.69) is 15.9 Å². The van der Waals surface area contributed by atoms with Crippen LogP contribution in [0.15, 0.2) is 27.6 Å². The molecule has 88 valence electrons. The number of hydrogen-bond acceptors (Lipinski definition) is 3. The van der Waals surface area contributed by atoms with Gasteiger partial charge in [0.05, 0.1) is 0 Å². The molecule has 0 heterocycles. The minimum atomic E-state index is -0.783. The average Bonchev–Trinajstić information content (AvgIpc) is 2.20. The molecule has 0 saturated carbocycles. The Bertz CT molecular complexity index is 384. The first-order valence-corrected chi connectivity index (χ1v) is 6.66. The largest absolute Gasteiger partial charge is 0.480 e. The molecule has 0 bridgehead atoms. The summed E-state index contributed by atoms with van der Waals surface area (Å²) in [6.45, 7) is 1.97. The molecule has 0 amide bonds. The van der Waals surface area contributed by atoms with Gasteiger partial charge in [0.2, 0.25) is 0 Å². The second-order valence-corrected chi connectivity index (χ2v) is 5.58. The van der Waals surface area contributed by atoms with Gasteiger partial charge in [0.1, 0.15) is 5.25 Å². The molecule has 0 radical (unpaired) electrons. The summed E-state index contributed by atoms with van der Waals surface area (Å²) in [4.78, 5) is 11.8. The number of hydrogen-bond donors (Lipinski definition) is 2. The predicted octanol–water partition coefficient (Wildman–Crippen LogP) is 3.38. The zero-order valence-electron chi connectivity index (χ0n) is 8.94. The van der Waals surface area contributed by atoms with Gasteiger partial charge in [-0.2, -0.15) is 0 Å². The summed E-state index contributed by atoms with van der Waals surface area (Å²) in [7, 11) is 0. The minimum absolute atomic E-state index is 0.423. The second kappa shape index (κ2) is 6.15. The number of carboxylic acid groups (broad SMARTS) is 1. The van der Waals surface area contributed by atoms with Crippen LogP contribution in [0.1, 0.15) is 19.8 Å². The van der Waals surface area contributed by atoms with E-state index in [1.807, 2.05) is 19.1 Å². The third-order valence-corrected chi connectivity index (χ3v) is 3.91. The molecule has 0 spiro atoms. The van der Waals surface area contributed by atoms with Crippen LogP contribution >= 0.6 is 27.7 Å². The van der Waals surface area contributed by atoms with Gasteiger partial charge in [0, 0.05) is 15.1 Å². The van der Waals surface area contributed by atoms with E-state index >= 15 is 0 Å². The Morgan fingerprint density at radius 2 is 2.31 bits per heavy atom. The van der Waals surface area contributed by atoms with Crippen LogP contribution in [0.5, 0.6) is 0 Å². The second-order valence-electron chi connectivity index (χ2n) is 3.42. The number of nitrogen functional groups attached to an aromatic ring is 1. The Balaban J connectivity index is 2.81. The van der Waals surface area contributed by atoms with Crippen molar-refractivity contribution in [1.29, 1.82) is 0 Å². The molecule has 0 saturated heterocycles. The van der Waals surface area contributed by atoms with Gasteiger partial charge in [-0.05, 0) is 24.6 Å². The number of carbonyl (C=O) groups is 1. The average molecular weight is 304 g/mol. The van der Waals surface area contributed by atoms with Gasteiger partial charge in [-0.1, -0.05) is 29.3 Å². The number of benzene rings is 1. The van der Waals surface area contributed by atoms with Crippen LogP contribution in [0, 0.1) is 0 Å². The van der Waals surface area contributed by atoms with E-state index in [0.717, 1.165) is 15.8 Å². The highest BCUT2D eigenvalue weighted by Gasteiger charge is 2.18. The number of rotatable bonds is 5. The first kappa shape index (κ1) is 13.4. The Labute approximate surface area is 108 Å². The van der Waals surface area contributed by atoms with Crippen LogP contribution in [0.4, 0.5) is 5.69 Å². The molecule has 0 aliphatic carbocycles. The van der Waals surface area contributed by atoms with Crippen molar-refractivity contribution >= 4 is 39.3 Å². The molecule has 1 rings (SSSR count). The fraction of sp³-hybridized carbons (Fsp3) is 0.364. The zero-order valence-corrected chi connectivity index (χ0v) is 11.3. The zero-order chi connectivity index (χ0) is 12.1. The van der Waals surface area contributed by atoms with Gasteiger partial charge in [-0.3, -0.25) is 4.79 Å². The summed E-state index contributed by atoms with van der Waals surface area (Å²) < 4.78 is 0.900. The smallest absolute Gasteiger partial charge is 0.316 e. The lowest BCUT2D eigenvalue weighted by molar-refractivity contribution is -0.136. The number of anilines is 1. The third-order valence-electron chi connectivity index (χ3n) is 2.07. The quantitative estimate of drug-likeness (QED) is 0.646. The third kappa shape index (κ3) is 3.72. The summed E-state index contributed by atoms with van der Waals surface area (Å²) >= 11 is 4.63. The fourth-order valence-electron chi connectivity index (χ4n) is 1.27. The number of halogens is 1. The molecule has 0 aliphatic rings. The Morgan fingerprint density at radius 3 is 2.81 bits per heavy atom. The molecule has 0 fully saturated rings. The maximum atomic E-state index is 11.0. The van der Waals surface area contributed by atoms with Crippen molar-refractivity contribution in [3.05, 3.63) is 22.7 Å². The molecule has 1 atom stereocenters. The number of nitrogens with two attached hydrogens (primary N) is 1. The van der Waals surface area contributed by atoms with Crippen LogP contribution in [0.3, 0.4) is 0 Å². The van der Waals surface area contributed by atoms with Gasteiger partial charge >= 0.3 is 5.97 Å². The van der Waals surface area contributed by atoms with Crippen molar-refractivity contribution in [1.82, 2.24) is 0 Å². The molecular weight excluding hydrogens is 290 g/mol. The van der Waals surface area contributed by atoms with E-state index in [1.165, 1.54) is 11.8 Å². The molecule has 0 aromatic heterocycles. The topological polar surface area (TPSA) is 63.3 Å². The van der Waals surface area contributed by atoms with Crippen LogP contribution in [-0.4, -0.2) is 16.3 Å². The first-order chi connectivity index (χ1) is 7.54. The predicted molar refractivity (Wildman–Crippen MR) is 70.7 cm³/mol. The molecule has 5 heteroatoms. The Hall–Kier alpha value is -0.680. The number of thioether (sulfide) groups is 1. The molecule has 1 unspecified atom stereocenters. The fourth-order valence-corrected chi connectivity index (χ4v) is 2.76. The van der Waals surface area contributed by atoms with E-state index in [1.54, 1.807) is 6.07 Å². The molecule has 0 aliphatic heterocycles. The van der Waals surface area contributed by atoms with Crippen LogP contribution < -0.4 is 5.73 Å². The number of aliphatic carboxylic acids is 1. The van der Waals surface area contributed by atoms with Crippen molar-refractivity contribution < 1.29 is 9.90 Å². The van der Waals surface area contributed by atoms with E-state index in [-0.39, 0.29) is 0 Å². The van der Waals surface area contributed by atoms with Gasteiger partial charge in [0.25, 0.3) is 0 Å². The van der Waals surface area contributed by atoms with Crippen molar-refractivity contribution in [3.8, 4) is 0 Å². The summed E-state index contributed by atoms with van der Waals surface area (Å²) in [6, 6.07) is 5.49. The van der Waals surface area contributed by atoms with Crippen molar-refractivity contribution in [2.24, 2.45) is 0 Å². The normalized spacial score (nSPS) is 12.4. The first-order valence-electron chi connectivity index (χ1n) is 4.99. The SMILES string of the molecule is CCCC(Sc1ccc(Br)cc1N)C(=O)O. The van der Waals surface area contributed by atoms with E-state index in [4.69, 9.17) is 10.8 Å². The van der Waals surface area contributed by atoms with E-state index in [9.17, 15) is 4.79 Å². The van der Waals surface area contributed by atoms with E-state index < -0.39 is 11.2 Å². The molecule has 1 aromatic carbocycles. The highest BCUT2D eigenvalue weighted by Crippen LogP contribution is 2.32. The molecule has 3 N–H and O–H groups in total. The van der Waals surface area contributed by atoms with Gasteiger partial charge in [-0.15, -0.1) is 11.8 Å². The molecule has 16 heavy (non-hydrogen) atoms. The summed E-state index contributed by atoms with van der Waals surface area (Å²) in [5.74, 6) is -0.783. The summed E-state index contributed by atoms with van der Waals surface area (Å²) in [6.07, 6.45) is 1.50. The molecule has 1 aromatic rings. The van der Waals surface area contributed by atoms with Crippen molar-refractivity contribution in [2.75, 3.05) is 5.73 Å². The van der Waals surface area contributed by atoms with Crippen molar-refractivity contribution in [3.63, 3.8) is 0 Å². The van der Waals surface area contributed by atoms with Crippen molar-refractivity contribution in [2.45, 2.75) is 29.9 Å². The lowest BCUT2D eigenvalue weighted by atomic mass is 10.2. The Kier molecular flexibility index (Phi) is 5.15. The van der Waals surface area contributed by atoms with Crippen LogP contribution in [0.25, 0.3) is 0 Å². The molecular formula is C11H14BrNO2S. The van der Waals surface area contributed by atoms with Gasteiger partial charge in [0.15, 0.2) is 0 Å². The molecule has 3 nitrogen and oxygen atoms in total. The minimum Gasteiger partial charge on any atom is -0.480 e.